The lowest BCUT2D eigenvalue weighted by atomic mass is 10.1. The van der Waals surface area contributed by atoms with E-state index in [2.05, 4.69) is 35.1 Å². The molecule has 3 nitrogen and oxygen atoms in total. The van der Waals surface area contributed by atoms with Crippen LogP contribution in [0.25, 0.3) is 0 Å². The molecule has 0 aromatic heterocycles. The van der Waals surface area contributed by atoms with E-state index in [-0.39, 0.29) is 5.97 Å². The van der Waals surface area contributed by atoms with Crippen LogP contribution in [-0.2, 0) is 11.3 Å². The molecule has 4 heteroatoms. The van der Waals surface area contributed by atoms with Gasteiger partial charge in [0.25, 0.3) is 0 Å². The zero-order valence-electron chi connectivity index (χ0n) is 12.5. The van der Waals surface area contributed by atoms with E-state index in [0.717, 1.165) is 29.0 Å². The molecule has 1 aromatic rings. The minimum atomic E-state index is -0.307. The van der Waals surface area contributed by atoms with Gasteiger partial charge in [0.2, 0.25) is 0 Å². The summed E-state index contributed by atoms with van der Waals surface area (Å²) in [6.45, 7) is 6.35. The Labute approximate surface area is 130 Å². The second-order valence-corrected chi connectivity index (χ2v) is 6.22. The summed E-state index contributed by atoms with van der Waals surface area (Å²) in [6.07, 6.45) is 3.77. The number of hydrogen-bond acceptors (Lipinski definition) is 3. The smallest absolute Gasteiger partial charge is 0.337 e. The van der Waals surface area contributed by atoms with Crippen LogP contribution in [0.15, 0.2) is 22.7 Å². The molecule has 0 fully saturated rings. The topological polar surface area (TPSA) is 38.3 Å². The number of unbranched alkanes of at least 4 members (excludes halogenated alkanes) is 1. The number of ether oxygens (including phenoxy) is 1. The normalized spacial score (nSPS) is 10.8. The van der Waals surface area contributed by atoms with E-state index in [4.69, 9.17) is 4.74 Å². The van der Waals surface area contributed by atoms with Gasteiger partial charge >= 0.3 is 5.97 Å². The van der Waals surface area contributed by atoms with E-state index in [1.807, 2.05) is 12.1 Å². The summed E-state index contributed by atoms with van der Waals surface area (Å²) in [5.74, 6) is 0.480. The van der Waals surface area contributed by atoms with Gasteiger partial charge in [-0.1, -0.05) is 48.7 Å². The van der Waals surface area contributed by atoms with Crippen LogP contribution in [0.1, 0.15) is 49.0 Å². The van der Waals surface area contributed by atoms with Gasteiger partial charge in [-0.15, -0.1) is 0 Å². The van der Waals surface area contributed by atoms with Crippen LogP contribution in [0.5, 0.6) is 0 Å². The number of esters is 1. The second kappa shape index (κ2) is 9.14. The van der Waals surface area contributed by atoms with Crippen LogP contribution >= 0.6 is 15.9 Å². The standard InChI is InChI=1S/C16H24BrNO2/c1-12(2)6-4-5-9-18-11-14-8-7-13(10-15(14)17)16(19)20-3/h7-8,10,12,18H,4-6,9,11H2,1-3H3. The van der Waals surface area contributed by atoms with Crippen molar-refractivity contribution >= 4 is 21.9 Å². The van der Waals surface area contributed by atoms with E-state index >= 15 is 0 Å². The largest absolute Gasteiger partial charge is 0.465 e. The van der Waals surface area contributed by atoms with Crippen LogP contribution in [0.4, 0.5) is 0 Å². The Morgan fingerprint density at radius 3 is 2.70 bits per heavy atom. The third-order valence-corrected chi connectivity index (χ3v) is 3.91. The lowest BCUT2D eigenvalue weighted by Gasteiger charge is -2.09. The van der Waals surface area contributed by atoms with Crippen molar-refractivity contribution in [3.8, 4) is 0 Å². The van der Waals surface area contributed by atoms with Crippen molar-refractivity contribution in [1.29, 1.82) is 0 Å². The lowest BCUT2D eigenvalue weighted by molar-refractivity contribution is 0.0600. The van der Waals surface area contributed by atoms with Crippen LogP contribution in [0.2, 0.25) is 0 Å². The predicted octanol–water partition coefficient (Wildman–Crippen LogP) is 4.15. The highest BCUT2D eigenvalue weighted by Gasteiger charge is 2.08. The zero-order valence-corrected chi connectivity index (χ0v) is 14.1. The molecule has 0 unspecified atom stereocenters. The third-order valence-electron chi connectivity index (χ3n) is 3.17. The minimum absolute atomic E-state index is 0.307. The van der Waals surface area contributed by atoms with Gasteiger partial charge in [0, 0.05) is 11.0 Å². The summed E-state index contributed by atoms with van der Waals surface area (Å²) >= 11 is 3.50. The Hall–Kier alpha value is -0.870. The van der Waals surface area contributed by atoms with Crippen molar-refractivity contribution in [3.05, 3.63) is 33.8 Å². The van der Waals surface area contributed by atoms with Crippen molar-refractivity contribution in [3.63, 3.8) is 0 Å². The molecule has 112 valence electrons. The van der Waals surface area contributed by atoms with Gasteiger partial charge in [0.15, 0.2) is 0 Å². The van der Waals surface area contributed by atoms with E-state index in [1.165, 1.54) is 26.4 Å². The molecule has 0 saturated heterocycles. The molecular formula is C16H24BrNO2. The van der Waals surface area contributed by atoms with Gasteiger partial charge in [-0.25, -0.2) is 4.79 Å². The number of methoxy groups -OCH3 is 1. The number of halogens is 1. The first-order valence-corrected chi connectivity index (χ1v) is 7.91. The van der Waals surface area contributed by atoms with Gasteiger partial charge in [0.1, 0.15) is 0 Å². The minimum Gasteiger partial charge on any atom is -0.465 e. The van der Waals surface area contributed by atoms with Crippen LogP contribution in [0.3, 0.4) is 0 Å². The van der Waals surface area contributed by atoms with Gasteiger partial charge in [-0.05, 0) is 36.6 Å². The molecular weight excluding hydrogens is 318 g/mol. The van der Waals surface area contributed by atoms with Crippen LogP contribution < -0.4 is 5.32 Å². The monoisotopic (exact) mass is 341 g/mol. The lowest BCUT2D eigenvalue weighted by Crippen LogP contribution is -2.15. The quantitative estimate of drug-likeness (QED) is 0.570. The first-order chi connectivity index (χ1) is 9.54. The third kappa shape index (κ3) is 6.06. The molecule has 0 amide bonds. The van der Waals surface area contributed by atoms with Gasteiger partial charge < -0.3 is 10.1 Å². The first kappa shape index (κ1) is 17.2. The molecule has 0 atom stereocenters. The molecule has 1 N–H and O–H groups in total. The fourth-order valence-electron chi connectivity index (χ4n) is 1.96. The van der Waals surface area contributed by atoms with Gasteiger partial charge in [0.05, 0.1) is 12.7 Å². The zero-order chi connectivity index (χ0) is 15.0. The molecule has 0 saturated carbocycles. The Morgan fingerprint density at radius 1 is 1.35 bits per heavy atom. The SMILES string of the molecule is COC(=O)c1ccc(CNCCCCC(C)C)c(Br)c1. The van der Waals surface area contributed by atoms with E-state index in [9.17, 15) is 4.79 Å². The Bertz CT molecular complexity index is 432. The highest BCUT2D eigenvalue weighted by Crippen LogP contribution is 2.19. The summed E-state index contributed by atoms with van der Waals surface area (Å²) in [6, 6.07) is 5.56. The van der Waals surface area contributed by atoms with Crippen molar-refractivity contribution in [2.24, 2.45) is 5.92 Å². The molecule has 20 heavy (non-hydrogen) atoms. The molecule has 0 bridgehead atoms. The molecule has 0 aliphatic carbocycles. The molecule has 1 rings (SSSR count). The van der Waals surface area contributed by atoms with Crippen LogP contribution in [-0.4, -0.2) is 19.6 Å². The molecule has 0 aliphatic heterocycles. The highest BCUT2D eigenvalue weighted by atomic mass is 79.9. The molecule has 1 aromatic carbocycles. The number of hydrogen-bond donors (Lipinski definition) is 1. The average Bonchev–Trinajstić information content (AvgIpc) is 2.42. The first-order valence-electron chi connectivity index (χ1n) is 7.12. The summed E-state index contributed by atoms with van der Waals surface area (Å²) < 4.78 is 5.64. The second-order valence-electron chi connectivity index (χ2n) is 5.36. The summed E-state index contributed by atoms with van der Waals surface area (Å²) in [7, 11) is 1.39. The number of benzene rings is 1. The summed E-state index contributed by atoms with van der Waals surface area (Å²) in [5.41, 5.74) is 1.72. The predicted molar refractivity (Wildman–Crippen MR) is 85.9 cm³/mol. The fraction of sp³-hybridized carbons (Fsp3) is 0.562. The van der Waals surface area contributed by atoms with E-state index in [0.29, 0.717) is 5.56 Å². The fourth-order valence-corrected chi connectivity index (χ4v) is 2.48. The number of carbonyl (C=O) groups is 1. The van der Waals surface area contributed by atoms with E-state index in [1.54, 1.807) is 6.07 Å². The Balaban J connectivity index is 2.36. The van der Waals surface area contributed by atoms with Crippen molar-refractivity contribution < 1.29 is 9.53 Å². The maximum atomic E-state index is 11.4. The van der Waals surface area contributed by atoms with Crippen LogP contribution in [0, 0.1) is 5.92 Å². The van der Waals surface area contributed by atoms with Crippen molar-refractivity contribution in [2.75, 3.05) is 13.7 Å². The Morgan fingerprint density at radius 2 is 2.10 bits per heavy atom. The number of rotatable bonds is 8. The molecule has 0 heterocycles. The number of carbonyl (C=O) groups excluding carboxylic acids is 1. The molecule has 0 radical (unpaired) electrons. The maximum absolute atomic E-state index is 11.4. The summed E-state index contributed by atoms with van der Waals surface area (Å²) in [5, 5.41) is 3.43. The van der Waals surface area contributed by atoms with Crippen molar-refractivity contribution in [1.82, 2.24) is 5.32 Å². The average molecular weight is 342 g/mol. The number of nitrogens with one attached hydrogen (secondary N) is 1. The van der Waals surface area contributed by atoms with Gasteiger partial charge in [-0.2, -0.15) is 0 Å². The van der Waals surface area contributed by atoms with Crippen molar-refractivity contribution in [2.45, 2.75) is 39.7 Å². The van der Waals surface area contributed by atoms with E-state index < -0.39 is 0 Å². The highest BCUT2D eigenvalue weighted by molar-refractivity contribution is 9.10. The Kier molecular flexibility index (Phi) is 7.85. The molecule has 0 aliphatic rings. The summed E-state index contributed by atoms with van der Waals surface area (Å²) in [4.78, 5) is 11.4. The van der Waals surface area contributed by atoms with Gasteiger partial charge in [-0.3, -0.25) is 0 Å². The molecule has 0 spiro atoms. The maximum Gasteiger partial charge on any atom is 0.337 e.